The highest BCUT2D eigenvalue weighted by molar-refractivity contribution is 6.10. The highest BCUT2D eigenvalue weighted by Crippen LogP contribution is 2.48. The first-order valence-electron chi connectivity index (χ1n) is 15.0. The van der Waals surface area contributed by atoms with Crippen LogP contribution < -0.4 is 9.47 Å². The number of aryl methyl sites for hydroxylation is 1. The third kappa shape index (κ3) is 6.92. The Kier molecular flexibility index (Phi) is 8.90. The molecule has 4 aromatic rings. The Hall–Kier alpha value is -4.28. The largest absolute Gasteiger partial charge is 0.492 e. The number of Topliss-reactive ketones (excluding diaryl/α,β-unsaturated/α-hetero) is 2. The van der Waals surface area contributed by atoms with E-state index >= 15 is 0 Å². The van der Waals surface area contributed by atoms with Crippen molar-refractivity contribution >= 4 is 22.6 Å². The summed E-state index contributed by atoms with van der Waals surface area (Å²) in [6.07, 6.45) is 3.74. The van der Waals surface area contributed by atoms with E-state index in [1.54, 1.807) is 24.3 Å². The van der Waals surface area contributed by atoms with Crippen LogP contribution in [-0.2, 0) is 27.2 Å². The van der Waals surface area contributed by atoms with Gasteiger partial charge in [-0.25, -0.2) is 14.4 Å². The van der Waals surface area contributed by atoms with Gasteiger partial charge in [0.2, 0.25) is 5.88 Å². The summed E-state index contributed by atoms with van der Waals surface area (Å²) in [7, 11) is 0. The van der Waals surface area contributed by atoms with E-state index in [1.807, 2.05) is 25.1 Å². The first-order chi connectivity index (χ1) is 21.4. The van der Waals surface area contributed by atoms with Crippen molar-refractivity contribution in [3.8, 4) is 17.4 Å². The minimum atomic E-state index is -0.932. The van der Waals surface area contributed by atoms with E-state index in [4.69, 9.17) is 14.2 Å². The van der Waals surface area contributed by atoms with Crippen LogP contribution in [0.5, 0.6) is 17.4 Å². The molecule has 0 bridgehead atoms. The molecule has 2 aliphatic rings. The van der Waals surface area contributed by atoms with E-state index in [-0.39, 0.29) is 30.2 Å². The van der Waals surface area contributed by atoms with Gasteiger partial charge in [-0.3, -0.25) is 14.5 Å². The normalized spacial score (nSPS) is 16.0. The first-order valence-corrected chi connectivity index (χ1v) is 15.0. The molecule has 0 atom stereocenters. The van der Waals surface area contributed by atoms with Crippen LogP contribution >= 0.6 is 0 Å². The molecule has 1 aliphatic heterocycles. The van der Waals surface area contributed by atoms with Gasteiger partial charge in [-0.05, 0) is 61.6 Å². The smallest absolute Gasteiger partial charge is 0.249 e. The van der Waals surface area contributed by atoms with Gasteiger partial charge in [0.25, 0.3) is 0 Å². The molecule has 2 aromatic carbocycles. The summed E-state index contributed by atoms with van der Waals surface area (Å²) >= 11 is 0. The summed E-state index contributed by atoms with van der Waals surface area (Å²) in [4.78, 5) is 41.9. The predicted molar refractivity (Wildman–Crippen MR) is 161 cm³/mol. The highest BCUT2D eigenvalue weighted by Gasteiger charge is 2.54. The van der Waals surface area contributed by atoms with Crippen LogP contribution in [0, 0.1) is 18.2 Å². The molecular formula is C34H35FN4O5. The van der Waals surface area contributed by atoms with Gasteiger partial charge in [0, 0.05) is 38.5 Å². The number of carbonyl (C=O) groups is 2. The van der Waals surface area contributed by atoms with Crippen molar-refractivity contribution in [2.45, 2.75) is 39.0 Å². The van der Waals surface area contributed by atoms with Crippen molar-refractivity contribution in [3.05, 3.63) is 83.6 Å². The molecule has 1 saturated heterocycles. The number of morpholine rings is 1. The SMILES string of the molecule is Cc1nc2c(Oc3ccc(CC(=O)C4(C(=O)Cc5ccc(F)cc5)CC4)cc3)ncnc2cc1OCCCN1CCOCC1. The molecule has 0 amide bonds. The van der Waals surface area contributed by atoms with Crippen LogP contribution in [0.2, 0.25) is 0 Å². The predicted octanol–water partition coefficient (Wildman–Crippen LogP) is 5.07. The Morgan fingerprint density at radius 2 is 1.61 bits per heavy atom. The lowest BCUT2D eigenvalue weighted by molar-refractivity contribution is -0.133. The number of nitrogens with zero attached hydrogens (tertiary/aromatic N) is 4. The first kappa shape index (κ1) is 29.8. The van der Waals surface area contributed by atoms with Crippen LogP contribution in [0.4, 0.5) is 4.39 Å². The second-order valence-corrected chi connectivity index (χ2v) is 11.4. The summed E-state index contributed by atoms with van der Waals surface area (Å²) in [6, 6.07) is 14.9. The average Bonchev–Trinajstić information content (AvgIpc) is 3.85. The molecule has 0 spiro atoms. The number of ether oxygens (including phenoxy) is 3. The Bertz CT molecular complexity index is 1630. The van der Waals surface area contributed by atoms with Gasteiger partial charge in [0.05, 0.1) is 36.4 Å². The van der Waals surface area contributed by atoms with Crippen LogP contribution in [-0.4, -0.2) is 70.9 Å². The maximum atomic E-state index is 13.2. The van der Waals surface area contributed by atoms with Crippen molar-refractivity contribution in [2.24, 2.45) is 5.41 Å². The molecule has 1 saturated carbocycles. The van der Waals surface area contributed by atoms with Crippen LogP contribution in [0.25, 0.3) is 11.0 Å². The van der Waals surface area contributed by atoms with Gasteiger partial charge in [0.1, 0.15) is 23.6 Å². The standard InChI is InChI=1S/C34H35FN4O5/c1-23-29(43-16-2-13-39-14-17-42-18-15-39)21-28-32(38-23)33(37-22-36-28)44-27-9-5-25(6-10-27)20-31(41)34(11-12-34)30(40)19-24-3-7-26(35)8-4-24/h3-10,21-22H,2,11-20H2,1H3. The number of rotatable bonds is 13. The van der Waals surface area contributed by atoms with E-state index in [2.05, 4.69) is 19.9 Å². The third-order valence-electron chi connectivity index (χ3n) is 8.30. The van der Waals surface area contributed by atoms with Crippen LogP contribution in [0.1, 0.15) is 36.1 Å². The molecule has 9 nitrogen and oxygen atoms in total. The maximum Gasteiger partial charge on any atom is 0.249 e. The lowest BCUT2D eigenvalue weighted by Gasteiger charge is -2.26. The van der Waals surface area contributed by atoms with Crippen molar-refractivity contribution in [1.29, 1.82) is 0 Å². The Labute approximate surface area is 255 Å². The number of halogens is 1. The second-order valence-electron chi connectivity index (χ2n) is 11.4. The van der Waals surface area contributed by atoms with Crippen molar-refractivity contribution in [2.75, 3.05) is 39.5 Å². The number of aromatic nitrogens is 3. The average molecular weight is 599 g/mol. The van der Waals surface area contributed by atoms with Gasteiger partial charge in [-0.2, -0.15) is 4.98 Å². The number of benzene rings is 2. The summed E-state index contributed by atoms with van der Waals surface area (Å²) in [5.41, 5.74) is 2.44. The zero-order valence-electron chi connectivity index (χ0n) is 24.8. The Morgan fingerprint density at radius 1 is 0.955 bits per heavy atom. The zero-order valence-corrected chi connectivity index (χ0v) is 24.8. The molecule has 1 aliphatic carbocycles. The molecule has 2 aromatic heterocycles. The molecule has 0 radical (unpaired) electrons. The molecule has 3 heterocycles. The summed E-state index contributed by atoms with van der Waals surface area (Å²) in [5.74, 6) is 1.01. The second kappa shape index (κ2) is 13.2. The fourth-order valence-electron chi connectivity index (χ4n) is 5.49. The quantitative estimate of drug-likeness (QED) is 0.154. The number of fused-ring (bicyclic) bond motifs is 1. The summed E-state index contributed by atoms with van der Waals surface area (Å²) in [5, 5.41) is 0. The number of pyridine rings is 1. The van der Waals surface area contributed by atoms with Crippen molar-refractivity contribution in [3.63, 3.8) is 0 Å². The van der Waals surface area contributed by atoms with Crippen molar-refractivity contribution < 1.29 is 28.2 Å². The molecule has 6 rings (SSSR count). The number of carbonyl (C=O) groups excluding carboxylic acids is 2. The molecule has 0 N–H and O–H groups in total. The van der Waals surface area contributed by atoms with E-state index in [1.165, 1.54) is 18.5 Å². The van der Waals surface area contributed by atoms with Crippen LogP contribution in [0.3, 0.4) is 0 Å². The molecule has 228 valence electrons. The van der Waals surface area contributed by atoms with Gasteiger partial charge in [-0.15, -0.1) is 0 Å². The van der Waals surface area contributed by atoms with Gasteiger partial charge < -0.3 is 14.2 Å². The fourth-order valence-corrected chi connectivity index (χ4v) is 5.49. The summed E-state index contributed by atoms with van der Waals surface area (Å²) in [6.45, 7) is 6.91. The van der Waals surface area contributed by atoms with Gasteiger partial charge >= 0.3 is 0 Å². The zero-order chi connectivity index (χ0) is 30.5. The lowest BCUT2D eigenvalue weighted by Crippen LogP contribution is -2.37. The summed E-state index contributed by atoms with van der Waals surface area (Å²) < 4.78 is 30.7. The van der Waals surface area contributed by atoms with E-state index < -0.39 is 5.41 Å². The lowest BCUT2D eigenvalue weighted by atomic mass is 9.88. The number of hydrogen-bond acceptors (Lipinski definition) is 9. The van der Waals surface area contributed by atoms with Gasteiger partial charge in [0.15, 0.2) is 17.1 Å². The van der Waals surface area contributed by atoms with E-state index in [9.17, 15) is 14.0 Å². The topological polar surface area (TPSA) is 104 Å². The molecule has 10 heteroatoms. The molecule has 2 fully saturated rings. The minimum absolute atomic E-state index is 0.0844. The highest BCUT2D eigenvalue weighted by atomic mass is 19.1. The number of hydrogen-bond donors (Lipinski definition) is 0. The van der Waals surface area contributed by atoms with Crippen molar-refractivity contribution in [1.82, 2.24) is 19.9 Å². The minimum Gasteiger partial charge on any atom is -0.492 e. The van der Waals surface area contributed by atoms with E-state index in [0.717, 1.165) is 50.5 Å². The molecular weight excluding hydrogens is 563 g/mol. The Morgan fingerprint density at radius 3 is 2.27 bits per heavy atom. The van der Waals surface area contributed by atoms with Crippen LogP contribution in [0.15, 0.2) is 60.9 Å². The molecule has 44 heavy (non-hydrogen) atoms. The van der Waals surface area contributed by atoms with Gasteiger partial charge in [-0.1, -0.05) is 24.3 Å². The molecule has 0 unspecified atom stereocenters. The fraction of sp³-hybridized carbons (Fsp3) is 0.382. The monoisotopic (exact) mass is 598 g/mol. The third-order valence-corrected chi connectivity index (χ3v) is 8.30. The number of ketones is 2. The maximum absolute atomic E-state index is 13.2. The van der Waals surface area contributed by atoms with E-state index in [0.29, 0.717) is 53.4 Å². The Balaban J connectivity index is 1.05.